The summed E-state index contributed by atoms with van der Waals surface area (Å²) < 4.78 is 40.0. The van der Waals surface area contributed by atoms with Crippen LogP contribution in [0.1, 0.15) is 53.6 Å². The predicted molar refractivity (Wildman–Crippen MR) is 130 cm³/mol. The van der Waals surface area contributed by atoms with Gasteiger partial charge in [-0.1, -0.05) is 31.4 Å². The SMILES string of the molecule is O=C(O)C=CNC(=O)c1cccnc1N(Cc1ccc(-n2cc(C(F)(F)F)cn2)cc1)C1CCCCC1. The molecule has 37 heavy (non-hydrogen) atoms. The van der Waals surface area contributed by atoms with Gasteiger partial charge in [-0.15, -0.1) is 0 Å². The van der Waals surface area contributed by atoms with Gasteiger partial charge in [-0.25, -0.2) is 14.5 Å². The van der Waals surface area contributed by atoms with Crippen LogP contribution < -0.4 is 10.2 Å². The summed E-state index contributed by atoms with van der Waals surface area (Å²) in [4.78, 5) is 30.2. The third-order valence-corrected chi connectivity index (χ3v) is 6.22. The van der Waals surface area contributed by atoms with Gasteiger partial charge >= 0.3 is 12.1 Å². The second-order valence-electron chi connectivity index (χ2n) is 8.78. The van der Waals surface area contributed by atoms with Crippen LogP contribution in [0.15, 0.2) is 67.3 Å². The highest BCUT2D eigenvalue weighted by Crippen LogP contribution is 2.31. The second-order valence-corrected chi connectivity index (χ2v) is 8.78. The maximum absolute atomic E-state index is 12.9. The van der Waals surface area contributed by atoms with Gasteiger partial charge in [0.25, 0.3) is 5.91 Å². The van der Waals surface area contributed by atoms with Crippen LogP contribution in [0.5, 0.6) is 0 Å². The minimum Gasteiger partial charge on any atom is -0.478 e. The molecule has 1 aromatic carbocycles. The summed E-state index contributed by atoms with van der Waals surface area (Å²) in [5, 5.41) is 15.1. The van der Waals surface area contributed by atoms with Gasteiger partial charge in [-0.3, -0.25) is 4.79 Å². The van der Waals surface area contributed by atoms with E-state index >= 15 is 0 Å². The summed E-state index contributed by atoms with van der Waals surface area (Å²) >= 11 is 0. The monoisotopic (exact) mass is 513 g/mol. The van der Waals surface area contributed by atoms with Crippen LogP contribution in [0, 0.1) is 0 Å². The van der Waals surface area contributed by atoms with Crippen molar-refractivity contribution < 1.29 is 27.9 Å². The van der Waals surface area contributed by atoms with Crippen LogP contribution in [0.25, 0.3) is 5.69 Å². The van der Waals surface area contributed by atoms with E-state index in [1.807, 2.05) is 12.1 Å². The number of pyridine rings is 1. The van der Waals surface area contributed by atoms with Crippen LogP contribution in [-0.2, 0) is 17.5 Å². The number of aromatic nitrogens is 3. The Morgan fingerprint density at radius 1 is 1.14 bits per heavy atom. The zero-order valence-corrected chi connectivity index (χ0v) is 19.9. The lowest BCUT2D eigenvalue weighted by molar-refractivity contribution is -0.137. The highest BCUT2D eigenvalue weighted by molar-refractivity contribution is 5.99. The van der Waals surface area contributed by atoms with Crippen LogP contribution in [0.2, 0.25) is 0 Å². The van der Waals surface area contributed by atoms with Gasteiger partial charge in [-0.05, 0) is 42.7 Å². The van der Waals surface area contributed by atoms with Gasteiger partial charge in [-0.2, -0.15) is 18.3 Å². The number of carbonyl (C=O) groups excluding carboxylic acids is 1. The molecule has 1 aliphatic rings. The van der Waals surface area contributed by atoms with Crippen molar-refractivity contribution >= 4 is 17.7 Å². The Hall–Kier alpha value is -4.15. The average Bonchev–Trinajstić information content (AvgIpc) is 3.39. The van der Waals surface area contributed by atoms with E-state index in [0.29, 0.717) is 23.6 Å². The zero-order valence-electron chi connectivity index (χ0n) is 19.9. The first kappa shape index (κ1) is 25.9. The summed E-state index contributed by atoms with van der Waals surface area (Å²) in [6.45, 7) is 0.431. The fraction of sp³-hybridized carbons (Fsp3) is 0.308. The topological polar surface area (TPSA) is 100 Å². The number of nitrogens with zero attached hydrogens (tertiary/aromatic N) is 4. The van der Waals surface area contributed by atoms with Crippen molar-refractivity contribution in [2.24, 2.45) is 0 Å². The molecular formula is C26H26F3N5O3. The number of nitrogens with one attached hydrogen (secondary N) is 1. The molecule has 0 unspecified atom stereocenters. The number of carbonyl (C=O) groups is 2. The van der Waals surface area contributed by atoms with Crippen LogP contribution in [0.4, 0.5) is 19.0 Å². The van der Waals surface area contributed by atoms with Crippen LogP contribution in [0.3, 0.4) is 0 Å². The van der Waals surface area contributed by atoms with Crippen LogP contribution in [-0.4, -0.2) is 37.8 Å². The molecule has 11 heteroatoms. The lowest BCUT2D eigenvalue weighted by Crippen LogP contribution is -2.38. The van der Waals surface area contributed by atoms with E-state index in [-0.39, 0.29) is 6.04 Å². The fourth-order valence-corrected chi connectivity index (χ4v) is 4.40. The molecule has 1 saturated carbocycles. The Balaban J connectivity index is 1.60. The molecule has 0 aliphatic heterocycles. The van der Waals surface area contributed by atoms with Crippen molar-refractivity contribution in [3.63, 3.8) is 0 Å². The molecule has 2 N–H and O–H groups in total. The molecule has 0 spiro atoms. The fourth-order valence-electron chi connectivity index (χ4n) is 4.40. The second kappa shape index (κ2) is 11.3. The maximum Gasteiger partial charge on any atom is 0.419 e. The summed E-state index contributed by atoms with van der Waals surface area (Å²) in [7, 11) is 0. The number of hydrogen-bond acceptors (Lipinski definition) is 5. The molecular weight excluding hydrogens is 487 g/mol. The van der Waals surface area contributed by atoms with Crippen molar-refractivity contribution in [2.75, 3.05) is 4.90 Å². The molecule has 1 aliphatic carbocycles. The zero-order chi connectivity index (χ0) is 26.4. The van der Waals surface area contributed by atoms with Crippen molar-refractivity contribution in [3.8, 4) is 5.69 Å². The maximum atomic E-state index is 12.9. The third kappa shape index (κ3) is 6.54. The van der Waals surface area contributed by atoms with Crippen molar-refractivity contribution in [3.05, 3.63) is 84.0 Å². The normalized spacial score (nSPS) is 14.6. The van der Waals surface area contributed by atoms with E-state index in [0.717, 1.165) is 62.3 Å². The molecule has 0 atom stereocenters. The third-order valence-electron chi connectivity index (χ3n) is 6.22. The van der Waals surface area contributed by atoms with E-state index in [1.165, 1.54) is 4.68 Å². The first-order valence-electron chi connectivity index (χ1n) is 11.9. The number of rotatable bonds is 8. The van der Waals surface area contributed by atoms with E-state index in [9.17, 15) is 22.8 Å². The molecule has 1 fully saturated rings. The highest BCUT2D eigenvalue weighted by atomic mass is 19.4. The Morgan fingerprint density at radius 2 is 1.86 bits per heavy atom. The predicted octanol–water partition coefficient (Wildman–Crippen LogP) is 4.95. The number of alkyl halides is 3. The van der Waals surface area contributed by atoms with Gasteiger partial charge in [0.2, 0.25) is 0 Å². The molecule has 8 nitrogen and oxygen atoms in total. The van der Waals surface area contributed by atoms with Gasteiger partial charge in [0.05, 0.1) is 23.0 Å². The largest absolute Gasteiger partial charge is 0.478 e. The Bertz CT molecular complexity index is 1260. The van der Waals surface area contributed by atoms with Gasteiger partial charge < -0.3 is 15.3 Å². The quantitative estimate of drug-likeness (QED) is 0.414. The Kier molecular flexibility index (Phi) is 7.90. The highest BCUT2D eigenvalue weighted by Gasteiger charge is 2.32. The molecule has 2 heterocycles. The standard InChI is InChI=1S/C26H26F3N5O3/c27-26(28,29)19-15-32-34(17-19)21-10-8-18(9-11-21)16-33(20-5-2-1-3-6-20)24-22(7-4-13-30-24)25(37)31-14-12-23(35)36/h4,7-15,17,20H,1-3,5-6,16H2,(H,31,37)(H,35,36). The van der Waals surface area contributed by atoms with E-state index in [4.69, 9.17) is 5.11 Å². The molecule has 4 rings (SSSR count). The van der Waals surface area contributed by atoms with E-state index < -0.39 is 23.6 Å². The number of anilines is 1. The summed E-state index contributed by atoms with van der Waals surface area (Å²) in [6, 6.07) is 10.5. The van der Waals surface area contributed by atoms with Crippen molar-refractivity contribution in [2.45, 2.75) is 50.9 Å². The Morgan fingerprint density at radius 3 is 2.51 bits per heavy atom. The average molecular weight is 514 g/mol. The minimum absolute atomic E-state index is 0.143. The minimum atomic E-state index is -4.46. The number of hydrogen-bond donors (Lipinski definition) is 2. The number of halogens is 3. The molecule has 0 bridgehead atoms. The van der Waals surface area contributed by atoms with Gasteiger partial charge in [0, 0.05) is 37.3 Å². The lowest BCUT2D eigenvalue weighted by atomic mass is 9.93. The molecule has 194 valence electrons. The Labute approximate surface area is 211 Å². The summed E-state index contributed by atoms with van der Waals surface area (Å²) in [6.07, 6.45) is 5.90. The van der Waals surface area contributed by atoms with Crippen molar-refractivity contribution in [1.82, 2.24) is 20.1 Å². The lowest BCUT2D eigenvalue weighted by Gasteiger charge is -2.36. The molecule has 0 saturated heterocycles. The molecule has 2 aromatic heterocycles. The van der Waals surface area contributed by atoms with E-state index in [1.54, 1.807) is 30.5 Å². The summed E-state index contributed by atoms with van der Waals surface area (Å²) in [5.41, 5.74) is 0.877. The van der Waals surface area contributed by atoms with E-state index in [2.05, 4.69) is 20.3 Å². The number of carboxylic acid groups (broad SMARTS) is 1. The molecule has 1 amide bonds. The first-order valence-corrected chi connectivity index (χ1v) is 11.9. The number of benzene rings is 1. The molecule has 0 radical (unpaired) electrons. The smallest absolute Gasteiger partial charge is 0.419 e. The van der Waals surface area contributed by atoms with Gasteiger partial charge in [0.1, 0.15) is 5.82 Å². The number of amides is 1. The van der Waals surface area contributed by atoms with Crippen LogP contribution >= 0.6 is 0 Å². The van der Waals surface area contributed by atoms with Crippen molar-refractivity contribution in [1.29, 1.82) is 0 Å². The number of carboxylic acids is 1. The first-order chi connectivity index (χ1) is 17.7. The molecule has 3 aromatic rings. The summed E-state index contributed by atoms with van der Waals surface area (Å²) in [5.74, 6) is -1.17. The van der Waals surface area contributed by atoms with Gasteiger partial charge in [0.15, 0.2) is 0 Å². The number of aliphatic carboxylic acids is 1.